The molecule has 1 aromatic carbocycles. The first-order valence-electron chi connectivity index (χ1n) is 10.9. The summed E-state index contributed by atoms with van der Waals surface area (Å²) in [6.45, 7) is 4.57. The number of alkyl halides is 3. The van der Waals surface area contributed by atoms with Gasteiger partial charge in [-0.05, 0) is 60.2 Å². The fraction of sp³-hybridized carbons (Fsp3) is 0.455. The Morgan fingerprint density at radius 3 is 2.62 bits per heavy atom. The number of benzene rings is 1. The fourth-order valence-corrected chi connectivity index (χ4v) is 3.93. The van der Waals surface area contributed by atoms with Crippen molar-refractivity contribution in [3.63, 3.8) is 0 Å². The number of hydrogen-bond donors (Lipinski definition) is 0. The molecule has 3 heterocycles. The van der Waals surface area contributed by atoms with Crippen molar-refractivity contribution >= 4 is 12.0 Å². The molecule has 0 radical (unpaired) electrons. The summed E-state index contributed by atoms with van der Waals surface area (Å²) in [7, 11) is 0. The van der Waals surface area contributed by atoms with Crippen molar-refractivity contribution < 1.29 is 22.5 Å². The number of nitrogens with zero attached hydrogens (tertiary/aromatic N) is 7. The number of aryl methyl sites for hydroxylation is 2. The summed E-state index contributed by atoms with van der Waals surface area (Å²) in [5.74, 6) is 1.80. The molecule has 0 unspecified atom stereocenters. The molecule has 1 saturated heterocycles. The predicted octanol–water partition coefficient (Wildman–Crippen LogP) is 3.23. The van der Waals surface area contributed by atoms with Crippen molar-refractivity contribution in [1.82, 2.24) is 35.2 Å². The number of halogens is 3. The van der Waals surface area contributed by atoms with Gasteiger partial charge in [-0.25, -0.2) is 0 Å². The number of aromatic nitrogens is 6. The summed E-state index contributed by atoms with van der Waals surface area (Å²) < 4.78 is 44.7. The van der Waals surface area contributed by atoms with E-state index in [9.17, 15) is 18.0 Å². The van der Waals surface area contributed by atoms with Crippen LogP contribution in [0.2, 0.25) is 0 Å². The molecule has 9 nitrogen and oxygen atoms in total. The van der Waals surface area contributed by atoms with Crippen molar-refractivity contribution in [2.24, 2.45) is 5.92 Å². The van der Waals surface area contributed by atoms with E-state index < -0.39 is 11.7 Å². The molecule has 0 atom stereocenters. The standard InChI is InChI=1S/C22H24F3N7O2/c1-14-27-30-32(28-14)13-18-12-19(22(23,24)25)5-3-17(18)4-6-21(33)31-9-7-16(8-10-31)11-20-26-15(2)34-29-20/h3-6,12,16H,7-11,13H2,1-2H3/b6-4+. The highest BCUT2D eigenvalue weighted by atomic mass is 19.4. The van der Waals surface area contributed by atoms with E-state index in [-0.39, 0.29) is 12.5 Å². The maximum absolute atomic E-state index is 13.2. The maximum Gasteiger partial charge on any atom is 0.416 e. The van der Waals surface area contributed by atoms with Gasteiger partial charge in [0.15, 0.2) is 11.6 Å². The lowest BCUT2D eigenvalue weighted by atomic mass is 9.93. The van der Waals surface area contributed by atoms with Gasteiger partial charge in [0.05, 0.1) is 12.1 Å². The number of likely N-dealkylation sites (tertiary alicyclic amines) is 1. The SMILES string of the molecule is Cc1nnn(Cc2cc(C(F)(F)F)ccc2/C=C/C(=O)N2CCC(Cc3noc(C)n3)CC2)n1. The minimum Gasteiger partial charge on any atom is -0.340 e. The van der Waals surface area contributed by atoms with Crippen LogP contribution >= 0.6 is 0 Å². The molecule has 1 aliphatic heterocycles. The Labute approximate surface area is 193 Å². The normalized spacial score (nSPS) is 15.4. The summed E-state index contributed by atoms with van der Waals surface area (Å²) in [6.07, 6.45) is 0.791. The van der Waals surface area contributed by atoms with Crippen LogP contribution in [0, 0.1) is 19.8 Å². The Balaban J connectivity index is 1.42. The third-order valence-electron chi connectivity index (χ3n) is 5.71. The second kappa shape index (κ2) is 9.74. The van der Waals surface area contributed by atoms with Crippen LogP contribution in [0.15, 0.2) is 28.8 Å². The fourth-order valence-electron chi connectivity index (χ4n) is 3.93. The maximum atomic E-state index is 13.2. The van der Waals surface area contributed by atoms with Gasteiger partial charge < -0.3 is 9.42 Å². The number of piperidine rings is 1. The molecule has 34 heavy (non-hydrogen) atoms. The molecule has 12 heteroatoms. The van der Waals surface area contributed by atoms with Gasteiger partial charge in [-0.3, -0.25) is 4.79 Å². The van der Waals surface area contributed by atoms with Crippen LogP contribution in [0.4, 0.5) is 13.2 Å². The number of carbonyl (C=O) groups is 1. The lowest BCUT2D eigenvalue weighted by Gasteiger charge is -2.30. The van der Waals surface area contributed by atoms with E-state index in [2.05, 4.69) is 25.6 Å². The molecule has 0 N–H and O–H groups in total. The van der Waals surface area contributed by atoms with Crippen LogP contribution in [0.25, 0.3) is 6.08 Å². The summed E-state index contributed by atoms with van der Waals surface area (Å²) in [4.78, 5) is 19.9. The Morgan fingerprint density at radius 2 is 2.00 bits per heavy atom. The van der Waals surface area contributed by atoms with Gasteiger partial charge in [-0.2, -0.15) is 23.0 Å². The Bertz CT molecular complexity index is 1180. The van der Waals surface area contributed by atoms with Gasteiger partial charge in [0.1, 0.15) is 0 Å². The first-order valence-corrected chi connectivity index (χ1v) is 10.9. The second-order valence-electron chi connectivity index (χ2n) is 8.31. The highest BCUT2D eigenvalue weighted by molar-refractivity contribution is 5.92. The average molecular weight is 475 g/mol. The molecule has 0 saturated carbocycles. The van der Waals surface area contributed by atoms with Crippen LogP contribution in [-0.4, -0.2) is 54.2 Å². The van der Waals surface area contributed by atoms with E-state index >= 15 is 0 Å². The first kappa shape index (κ1) is 23.6. The Kier molecular flexibility index (Phi) is 6.75. The zero-order valence-corrected chi connectivity index (χ0v) is 18.8. The van der Waals surface area contributed by atoms with Gasteiger partial charge >= 0.3 is 6.18 Å². The Morgan fingerprint density at radius 1 is 1.24 bits per heavy atom. The van der Waals surface area contributed by atoms with Crippen molar-refractivity contribution in [2.75, 3.05) is 13.1 Å². The number of rotatable bonds is 6. The van der Waals surface area contributed by atoms with E-state index in [1.54, 1.807) is 18.7 Å². The topological polar surface area (TPSA) is 103 Å². The van der Waals surface area contributed by atoms with Gasteiger partial charge in [0, 0.05) is 32.5 Å². The number of carbonyl (C=O) groups excluding carboxylic acids is 1. The molecule has 2 aromatic heterocycles. The number of tetrazole rings is 1. The third-order valence-corrected chi connectivity index (χ3v) is 5.71. The minimum absolute atomic E-state index is 0.000422. The van der Waals surface area contributed by atoms with Gasteiger partial charge in [0.2, 0.25) is 11.8 Å². The molecular formula is C22H24F3N7O2. The van der Waals surface area contributed by atoms with Crippen LogP contribution in [0.5, 0.6) is 0 Å². The highest BCUT2D eigenvalue weighted by Gasteiger charge is 2.31. The summed E-state index contributed by atoms with van der Waals surface area (Å²) in [6, 6.07) is 3.40. The van der Waals surface area contributed by atoms with E-state index in [4.69, 9.17) is 4.52 Å². The van der Waals surface area contributed by atoms with Crippen molar-refractivity contribution in [1.29, 1.82) is 0 Å². The van der Waals surface area contributed by atoms with E-state index in [1.807, 2.05) is 0 Å². The molecule has 0 bridgehead atoms. The lowest BCUT2D eigenvalue weighted by Crippen LogP contribution is -2.38. The Hall–Kier alpha value is -3.57. The van der Waals surface area contributed by atoms with Crippen LogP contribution in [0.3, 0.4) is 0 Å². The molecule has 1 amide bonds. The molecule has 3 aromatic rings. The molecule has 4 rings (SSSR count). The lowest BCUT2D eigenvalue weighted by molar-refractivity contribution is -0.137. The van der Waals surface area contributed by atoms with Gasteiger partial charge in [-0.1, -0.05) is 11.2 Å². The van der Waals surface area contributed by atoms with E-state index in [0.717, 1.165) is 25.0 Å². The third kappa shape index (κ3) is 5.86. The summed E-state index contributed by atoms with van der Waals surface area (Å²) in [5.41, 5.74) is 0.0470. The van der Waals surface area contributed by atoms with E-state index in [0.29, 0.717) is 54.1 Å². The van der Waals surface area contributed by atoms with Crippen molar-refractivity contribution in [3.05, 3.63) is 58.5 Å². The van der Waals surface area contributed by atoms with Crippen LogP contribution < -0.4 is 0 Å². The van der Waals surface area contributed by atoms with Crippen molar-refractivity contribution in [3.8, 4) is 0 Å². The largest absolute Gasteiger partial charge is 0.416 e. The minimum atomic E-state index is -4.48. The molecule has 0 spiro atoms. The summed E-state index contributed by atoms with van der Waals surface area (Å²) in [5, 5.41) is 15.6. The average Bonchev–Trinajstić information content (AvgIpc) is 3.39. The summed E-state index contributed by atoms with van der Waals surface area (Å²) >= 11 is 0. The molecule has 1 aliphatic rings. The molecular weight excluding hydrogens is 451 g/mol. The zero-order valence-electron chi connectivity index (χ0n) is 18.8. The second-order valence-corrected chi connectivity index (χ2v) is 8.31. The van der Waals surface area contributed by atoms with Crippen molar-refractivity contribution in [2.45, 2.75) is 45.8 Å². The van der Waals surface area contributed by atoms with Gasteiger partial charge in [0.25, 0.3) is 0 Å². The smallest absolute Gasteiger partial charge is 0.340 e. The van der Waals surface area contributed by atoms with Crippen LogP contribution in [-0.2, 0) is 23.9 Å². The van der Waals surface area contributed by atoms with E-state index in [1.165, 1.54) is 23.0 Å². The van der Waals surface area contributed by atoms with Crippen LogP contribution in [0.1, 0.15) is 47.1 Å². The highest BCUT2D eigenvalue weighted by Crippen LogP contribution is 2.31. The molecule has 0 aliphatic carbocycles. The monoisotopic (exact) mass is 475 g/mol. The number of amides is 1. The first-order chi connectivity index (χ1) is 16.2. The molecule has 180 valence electrons. The molecule has 1 fully saturated rings. The quantitative estimate of drug-likeness (QED) is 0.504. The zero-order chi connectivity index (χ0) is 24.3. The number of hydrogen-bond acceptors (Lipinski definition) is 7. The predicted molar refractivity (Wildman–Crippen MR) is 114 cm³/mol. The van der Waals surface area contributed by atoms with Gasteiger partial charge in [-0.15, -0.1) is 10.2 Å².